The Bertz CT molecular complexity index is 700. The van der Waals surface area contributed by atoms with Gasteiger partial charge in [0.05, 0.1) is 12.6 Å². The second-order valence-corrected chi connectivity index (χ2v) is 5.22. The predicted octanol–water partition coefficient (Wildman–Crippen LogP) is 4.01. The number of hydrogen-bond acceptors (Lipinski definition) is 3. The Labute approximate surface area is 124 Å². The van der Waals surface area contributed by atoms with Gasteiger partial charge in [-0.15, -0.1) is 0 Å². The van der Waals surface area contributed by atoms with Crippen LogP contribution in [0.4, 0.5) is 5.69 Å². The highest BCUT2D eigenvalue weighted by Gasteiger charge is 2.09. The molecule has 0 aliphatic heterocycles. The molecule has 0 bridgehead atoms. The van der Waals surface area contributed by atoms with E-state index in [0.29, 0.717) is 0 Å². The lowest BCUT2D eigenvalue weighted by Gasteiger charge is -2.14. The number of furan rings is 1. The minimum Gasteiger partial charge on any atom is -0.464 e. The molecule has 1 N–H and O–H groups in total. The van der Waals surface area contributed by atoms with Crippen molar-refractivity contribution in [1.82, 2.24) is 9.78 Å². The second kappa shape index (κ2) is 5.87. The van der Waals surface area contributed by atoms with Crippen molar-refractivity contribution in [3.8, 4) is 0 Å². The van der Waals surface area contributed by atoms with Crippen molar-refractivity contribution in [3.63, 3.8) is 0 Å². The van der Waals surface area contributed by atoms with E-state index in [1.165, 1.54) is 5.56 Å². The number of rotatable bonds is 5. The Morgan fingerprint density at radius 3 is 2.86 bits per heavy atom. The van der Waals surface area contributed by atoms with Crippen LogP contribution in [0.25, 0.3) is 0 Å². The molecule has 0 fully saturated rings. The van der Waals surface area contributed by atoms with Crippen LogP contribution < -0.4 is 5.32 Å². The summed E-state index contributed by atoms with van der Waals surface area (Å²) in [5, 5.41) is 7.70. The molecule has 0 saturated heterocycles. The van der Waals surface area contributed by atoms with Crippen LogP contribution in [-0.4, -0.2) is 9.78 Å². The van der Waals surface area contributed by atoms with E-state index in [2.05, 4.69) is 41.6 Å². The Balaban J connectivity index is 1.71. The van der Waals surface area contributed by atoms with E-state index in [4.69, 9.17) is 4.42 Å². The van der Waals surface area contributed by atoms with E-state index in [9.17, 15) is 0 Å². The van der Waals surface area contributed by atoms with Crippen molar-refractivity contribution in [2.75, 3.05) is 5.32 Å². The Morgan fingerprint density at radius 1 is 1.24 bits per heavy atom. The molecule has 2 aromatic heterocycles. The van der Waals surface area contributed by atoms with Gasteiger partial charge in [-0.25, -0.2) is 0 Å². The molecule has 0 aliphatic carbocycles. The van der Waals surface area contributed by atoms with Gasteiger partial charge in [0.25, 0.3) is 0 Å². The van der Waals surface area contributed by atoms with Crippen molar-refractivity contribution < 1.29 is 4.42 Å². The highest BCUT2D eigenvalue weighted by atomic mass is 16.3. The average Bonchev–Trinajstić information content (AvgIpc) is 3.11. The van der Waals surface area contributed by atoms with Crippen LogP contribution in [0.15, 0.2) is 59.3 Å². The fourth-order valence-corrected chi connectivity index (χ4v) is 2.35. The number of nitrogens with zero attached hydrogens (tertiary/aromatic N) is 2. The predicted molar refractivity (Wildman–Crippen MR) is 83.3 cm³/mol. The lowest BCUT2D eigenvalue weighted by atomic mass is 10.1. The SMILES string of the molecule is Cc1ccc(C(C)Nc2cccc(Cn3cccn3)c2)o1. The minimum absolute atomic E-state index is 0.138. The maximum absolute atomic E-state index is 5.66. The van der Waals surface area contributed by atoms with Gasteiger partial charge < -0.3 is 9.73 Å². The molecule has 108 valence electrons. The summed E-state index contributed by atoms with van der Waals surface area (Å²) in [5.74, 6) is 1.89. The van der Waals surface area contributed by atoms with Gasteiger partial charge >= 0.3 is 0 Å². The van der Waals surface area contributed by atoms with Gasteiger partial charge in [-0.3, -0.25) is 4.68 Å². The summed E-state index contributed by atoms with van der Waals surface area (Å²) in [6.45, 7) is 4.83. The third kappa shape index (κ3) is 3.34. The van der Waals surface area contributed by atoms with Crippen LogP contribution in [0.3, 0.4) is 0 Å². The van der Waals surface area contributed by atoms with E-state index >= 15 is 0 Å². The van der Waals surface area contributed by atoms with Gasteiger partial charge in [-0.1, -0.05) is 12.1 Å². The van der Waals surface area contributed by atoms with E-state index < -0.39 is 0 Å². The third-order valence-electron chi connectivity index (χ3n) is 3.40. The molecule has 1 atom stereocenters. The summed E-state index contributed by atoms with van der Waals surface area (Å²) in [6, 6.07) is 14.5. The molecule has 3 aromatic rings. The lowest BCUT2D eigenvalue weighted by Crippen LogP contribution is -2.06. The highest BCUT2D eigenvalue weighted by Crippen LogP contribution is 2.21. The molecule has 21 heavy (non-hydrogen) atoms. The molecule has 0 amide bonds. The summed E-state index contributed by atoms with van der Waals surface area (Å²) in [4.78, 5) is 0. The number of aryl methyl sites for hydroxylation is 1. The quantitative estimate of drug-likeness (QED) is 0.768. The number of nitrogens with one attached hydrogen (secondary N) is 1. The molecule has 0 saturated carbocycles. The van der Waals surface area contributed by atoms with Crippen molar-refractivity contribution in [2.24, 2.45) is 0 Å². The lowest BCUT2D eigenvalue weighted by molar-refractivity contribution is 0.467. The van der Waals surface area contributed by atoms with Crippen LogP contribution in [0.1, 0.15) is 30.0 Å². The van der Waals surface area contributed by atoms with Crippen molar-refractivity contribution in [2.45, 2.75) is 26.4 Å². The molecule has 1 unspecified atom stereocenters. The first-order valence-electron chi connectivity index (χ1n) is 7.10. The van der Waals surface area contributed by atoms with Gasteiger partial charge in [-0.05, 0) is 49.7 Å². The first-order chi connectivity index (χ1) is 10.2. The molecule has 0 spiro atoms. The number of anilines is 1. The number of aromatic nitrogens is 2. The highest BCUT2D eigenvalue weighted by molar-refractivity contribution is 5.47. The van der Waals surface area contributed by atoms with E-state index in [0.717, 1.165) is 23.8 Å². The molecule has 2 heterocycles. The summed E-state index contributed by atoms with van der Waals surface area (Å²) in [7, 11) is 0. The van der Waals surface area contributed by atoms with E-state index in [1.54, 1.807) is 6.20 Å². The van der Waals surface area contributed by atoms with Crippen molar-refractivity contribution >= 4 is 5.69 Å². The number of hydrogen-bond donors (Lipinski definition) is 1. The van der Waals surface area contributed by atoms with Crippen molar-refractivity contribution in [3.05, 3.63) is 71.9 Å². The van der Waals surface area contributed by atoms with Crippen LogP contribution in [0, 0.1) is 6.92 Å². The Kier molecular flexibility index (Phi) is 3.77. The molecule has 0 radical (unpaired) electrons. The summed E-state index contributed by atoms with van der Waals surface area (Å²) in [6.07, 6.45) is 3.76. The van der Waals surface area contributed by atoms with Gasteiger partial charge in [0.15, 0.2) is 0 Å². The molecular weight excluding hydrogens is 262 g/mol. The Morgan fingerprint density at radius 2 is 2.14 bits per heavy atom. The zero-order valence-electron chi connectivity index (χ0n) is 12.3. The first-order valence-corrected chi connectivity index (χ1v) is 7.10. The van der Waals surface area contributed by atoms with E-state index in [-0.39, 0.29) is 6.04 Å². The number of benzene rings is 1. The van der Waals surface area contributed by atoms with Crippen LogP contribution >= 0.6 is 0 Å². The molecule has 4 nitrogen and oxygen atoms in total. The maximum Gasteiger partial charge on any atom is 0.126 e. The standard InChI is InChI=1S/C17H19N3O/c1-13-7-8-17(21-13)14(2)19-16-6-3-5-15(11-16)12-20-10-4-9-18-20/h3-11,14,19H,12H2,1-2H3. The molecule has 1 aromatic carbocycles. The molecule has 0 aliphatic rings. The third-order valence-corrected chi connectivity index (χ3v) is 3.40. The largest absolute Gasteiger partial charge is 0.464 e. The normalized spacial score (nSPS) is 12.3. The van der Waals surface area contributed by atoms with Crippen LogP contribution in [0.2, 0.25) is 0 Å². The first kappa shape index (κ1) is 13.5. The monoisotopic (exact) mass is 281 g/mol. The fourth-order valence-electron chi connectivity index (χ4n) is 2.35. The van der Waals surface area contributed by atoms with E-state index in [1.807, 2.05) is 36.0 Å². The van der Waals surface area contributed by atoms with Crippen LogP contribution in [-0.2, 0) is 6.54 Å². The topological polar surface area (TPSA) is 43.0 Å². The van der Waals surface area contributed by atoms with Crippen molar-refractivity contribution in [1.29, 1.82) is 0 Å². The minimum atomic E-state index is 0.138. The zero-order chi connectivity index (χ0) is 14.7. The Hall–Kier alpha value is -2.49. The molecular formula is C17H19N3O. The summed E-state index contributed by atoms with van der Waals surface area (Å²) in [5.41, 5.74) is 2.30. The summed E-state index contributed by atoms with van der Waals surface area (Å²) < 4.78 is 7.57. The van der Waals surface area contributed by atoms with Gasteiger partial charge in [0.1, 0.15) is 11.5 Å². The molecule has 3 rings (SSSR count). The average molecular weight is 281 g/mol. The fraction of sp³-hybridized carbons (Fsp3) is 0.235. The molecule has 4 heteroatoms. The van der Waals surface area contributed by atoms with Gasteiger partial charge in [0.2, 0.25) is 0 Å². The van der Waals surface area contributed by atoms with Gasteiger partial charge in [0, 0.05) is 18.1 Å². The smallest absolute Gasteiger partial charge is 0.126 e. The van der Waals surface area contributed by atoms with Crippen LogP contribution in [0.5, 0.6) is 0 Å². The second-order valence-electron chi connectivity index (χ2n) is 5.22. The summed E-state index contributed by atoms with van der Waals surface area (Å²) >= 11 is 0. The maximum atomic E-state index is 5.66. The zero-order valence-corrected chi connectivity index (χ0v) is 12.3. The van der Waals surface area contributed by atoms with Gasteiger partial charge in [-0.2, -0.15) is 5.10 Å².